The SMILES string of the molecule is COc1nc(-c2scnc2C)ccc1[C@H](C)NC(=O)[C@@H]1C[C@@H](O)CN1C(=O)[C@@H](c1cc(OCCN2CCC(O[C@H]3C[C@H](Oc4cc(N5C6CCC5CN(c5cc(-c7ccccc7O)nnc5N)C6)ccn4)C3)CC2)no1)C(C)C. The monoisotopic (exact) mass is 1100 g/mol. The Morgan fingerprint density at radius 3 is 2.42 bits per heavy atom. The number of phenols is 1. The number of aromatic hydroxyl groups is 1. The number of thiazole rings is 1. The van der Waals surface area contributed by atoms with Crippen molar-refractivity contribution in [3.05, 3.63) is 89.4 Å². The molecule has 4 aliphatic heterocycles. The fourth-order valence-corrected chi connectivity index (χ4v) is 12.8. The molecule has 1 aromatic carbocycles. The van der Waals surface area contributed by atoms with Gasteiger partial charge in [-0.3, -0.25) is 14.5 Å². The lowest BCUT2D eigenvalue weighted by Crippen LogP contribution is -2.54. The highest BCUT2D eigenvalue weighted by atomic mass is 32.1. The number of aryl methyl sites for hydroxylation is 1. The van der Waals surface area contributed by atoms with Crippen LogP contribution in [0.5, 0.6) is 23.4 Å². The molecule has 2 amide bonds. The molecular weight excluding hydrogens is 1030 g/mol. The van der Waals surface area contributed by atoms with Crippen LogP contribution in [0.3, 0.4) is 0 Å². The minimum absolute atomic E-state index is 0.0160. The number of fused-ring (bicyclic) bond motifs is 2. The molecule has 9 heterocycles. The van der Waals surface area contributed by atoms with Crippen molar-refractivity contribution >= 4 is 40.3 Å². The second-order valence-electron chi connectivity index (χ2n) is 21.9. The van der Waals surface area contributed by atoms with Gasteiger partial charge in [0.05, 0.1) is 64.6 Å². The van der Waals surface area contributed by atoms with Crippen LogP contribution in [0.15, 0.2) is 76.9 Å². The summed E-state index contributed by atoms with van der Waals surface area (Å²) in [6, 6.07) is 17.8. The number of nitrogen functional groups attached to an aromatic ring is 1. The van der Waals surface area contributed by atoms with Crippen molar-refractivity contribution in [3.63, 3.8) is 0 Å². The Bertz CT molecular complexity index is 3090. The number of carbonyl (C=O) groups is 2. The van der Waals surface area contributed by atoms with E-state index in [4.69, 9.17) is 34.2 Å². The van der Waals surface area contributed by atoms with Crippen LogP contribution in [0.4, 0.5) is 17.2 Å². The first-order valence-corrected chi connectivity index (χ1v) is 28.4. The van der Waals surface area contributed by atoms with E-state index in [9.17, 15) is 19.8 Å². The van der Waals surface area contributed by atoms with Gasteiger partial charge in [-0.05, 0) is 87.0 Å². The zero-order chi connectivity index (χ0) is 54.9. The highest BCUT2D eigenvalue weighted by Gasteiger charge is 2.45. The molecule has 5 N–H and O–H groups in total. The molecule has 1 aliphatic carbocycles. The second kappa shape index (κ2) is 23.3. The van der Waals surface area contributed by atoms with E-state index in [0.29, 0.717) is 53.3 Å². The number of phenolic OH excluding ortho intramolecular Hbond substituents is 1. The van der Waals surface area contributed by atoms with E-state index in [1.165, 1.54) is 23.3 Å². The summed E-state index contributed by atoms with van der Waals surface area (Å²) in [5, 5.41) is 37.0. The lowest BCUT2D eigenvalue weighted by Gasteiger charge is -2.43. The number of likely N-dealkylation sites (tertiary alicyclic amines) is 2. The van der Waals surface area contributed by atoms with Crippen LogP contribution in [0.2, 0.25) is 0 Å². The van der Waals surface area contributed by atoms with Crippen molar-refractivity contribution in [1.29, 1.82) is 0 Å². The number of hydrogen-bond acceptors (Lipinski definition) is 20. The summed E-state index contributed by atoms with van der Waals surface area (Å²) in [5.74, 6) is 0.504. The Balaban J connectivity index is 0.606. The van der Waals surface area contributed by atoms with Gasteiger partial charge in [-0.15, -0.1) is 21.5 Å². The third-order valence-electron chi connectivity index (χ3n) is 16.2. The average molecular weight is 1100 g/mol. The predicted octanol–water partition coefficient (Wildman–Crippen LogP) is 6.56. The number of aliphatic hydroxyl groups excluding tert-OH is 1. The maximum absolute atomic E-state index is 14.3. The lowest BCUT2D eigenvalue weighted by atomic mass is 9.91. The summed E-state index contributed by atoms with van der Waals surface area (Å²) in [4.78, 5) is 51.4. The molecule has 418 valence electrons. The van der Waals surface area contributed by atoms with Gasteiger partial charge < -0.3 is 59.4 Å². The van der Waals surface area contributed by atoms with Gasteiger partial charge in [-0.2, -0.15) is 0 Å². The molecule has 5 fully saturated rings. The number of nitrogens with zero attached hydrogens (tertiary/aromatic N) is 10. The largest absolute Gasteiger partial charge is 0.507 e. The van der Waals surface area contributed by atoms with Gasteiger partial charge in [0.25, 0.3) is 5.88 Å². The third-order valence-corrected chi connectivity index (χ3v) is 17.2. The number of piperazine rings is 1. The van der Waals surface area contributed by atoms with Gasteiger partial charge in [0, 0.05) is 106 Å². The number of rotatable bonds is 19. The Labute approximate surface area is 463 Å². The van der Waals surface area contributed by atoms with Gasteiger partial charge in [-0.25, -0.2) is 15.0 Å². The zero-order valence-corrected chi connectivity index (χ0v) is 46.1. The maximum atomic E-state index is 14.3. The summed E-state index contributed by atoms with van der Waals surface area (Å²) < 4.78 is 30.4. The number of β-amino-alcohol motifs (C(OH)–C–C–N with tert-alkyl or cyclic N) is 1. The number of piperidine rings is 1. The number of anilines is 3. The number of aromatic nitrogens is 6. The molecule has 79 heavy (non-hydrogen) atoms. The zero-order valence-electron chi connectivity index (χ0n) is 45.3. The minimum atomic E-state index is -0.895. The minimum Gasteiger partial charge on any atom is -0.507 e. The maximum Gasteiger partial charge on any atom is 0.254 e. The molecule has 22 heteroatoms. The van der Waals surface area contributed by atoms with E-state index in [2.05, 4.69) is 57.5 Å². The van der Waals surface area contributed by atoms with E-state index >= 15 is 0 Å². The number of pyridine rings is 2. The molecule has 0 spiro atoms. The average Bonchev–Trinajstić information content (AvgIpc) is 4.36. The smallest absolute Gasteiger partial charge is 0.254 e. The molecule has 21 nitrogen and oxygen atoms in total. The first-order valence-electron chi connectivity index (χ1n) is 27.6. The van der Waals surface area contributed by atoms with Crippen molar-refractivity contribution in [2.24, 2.45) is 5.92 Å². The van der Waals surface area contributed by atoms with Crippen LogP contribution < -0.4 is 35.1 Å². The van der Waals surface area contributed by atoms with Crippen molar-refractivity contribution in [2.75, 3.05) is 68.5 Å². The third kappa shape index (κ3) is 11.6. The molecule has 0 radical (unpaired) electrons. The number of carbonyl (C=O) groups excluding carboxylic acids is 2. The number of nitrogens with two attached hydrogens (primary N) is 1. The Hall–Kier alpha value is -7.14. The van der Waals surface area contributed by atoms with E-state index in [-0.39, 0.29) is 72.7 Å². The fraction of sp³-hybridized carbons (Fsp3) is 0.509. The second-order valence-corrected chi connectivity index (χ2v) is 22.8. The molecule has 11 rings (SSSR count). The first-order chi connectivity index (χ1) is 38.3. The quantitative estimate of drug-likeness (QED) is 0.0670. The van der Waals surface area contributed by atoms with Gasteiger partial charge in [0.1, 0.15) is 30.4 Å². The molecule has 4 saturated heterocycles. The van der Waals surface area contributed by atoms with Gasteiger partial charge in [-0.1, -0.05) is 26.0 Å². The normalized spacial score (nSPS) is 23.2. The standard InChI is InChI=1S/C57H70N12O9S/c1-32(2)52(57(73)68-30-38(70)23-47(68)55(72)61-33(3)42-12-13-44(62-56(42)74-5)53-34(4)60-31-79-53)49-27-51(65-78-49)75-21-20-66-18-15-39(16-19-66)76-40-24-41(25-40)77-50-22-35(14-17-59-50)69-36-10-11-37(69)29-67(28-36)46-26-45(63-64-54(46)58)43-8-6-7-9-48(43)71/h6-9,12-14,17,22,26-27,31-33,36-41,47,52,70-71H,10-11,15-16,18-21,23-25,28-30H2,1-5H3,(H2,58,64)(H,61,72)/t33-,36?,37?,38+,40-,41-,47-,52+/m0/s1. The van der Waals surface area contributed by atoms with Crippen molar-refractivity contribution in [2.45, 2.75) is 127 Å². The number of nitrogens with one attached hydrogen (secondary N) is 1. The van der Waals surface area contributed by atoms with Crippen LogP contribution in [-0.2, 0) is 14.3 Å². The number of aliphatic hydroxyl groups is 1. The number of hydrogen-bond donors (Lipinski definition) is 4. The summed E-state index contributed by atoms with van der Waals surface area (Å²) in [6.45, 7) is 12.0. The number of amides is 2. The van der Waals surface area contributed by atoms with Crippen molar-refractivity contribution < 1.29 is 43.3 Å². The van der Waals surface area contributed by atoms with Gasteiger partial charge >= 0.3 is 0 Å². The van der Waals surface area contributed by atoms with Crippen molar-refractivity contribution in [3.8, 4) is 45.2 Å². The Kier molecular flexibility index (Phi) is 15.9. The van der Waals surface area contributed by atoms with Crippen LogP contribution in [-0.4, -0.2) is 158 Å². The summed E-state index contributed by atoms with van der Waals surface area (Å²) in [6.07, 6.45) is 7.08. The molecule has 5 aliphatic rings. The van der Waals surface area contributed by atoms with E-state index in [1.807, 2.05) is 64.2 Å². The van der Waals surface area contributed by atoms with E-state index < -0.39 is 24.1 Å². The molecule has 6 atom stereocenters. The van der Waals surface area contributed by atoms with E-state index in [0.717, 1.165) is 92.3 Å². The summed E-state index contributed by atoms with van der Waals surface area (Å²) in [5.41, 5.74) is 13.6. The highest BCUT2D eigenvalue weighted by molar-refractivity contribution is 7.13. The molecule has 2 unspecified atom stereocenters. The Morgan fingerprint density at radius 1 is 0.899 bits per heavy atom. The fourth-order valence-electron chi connectivity index (χ4n) is 12.0. The summed E-state index contributed by atoms with van der Waals surface area (Å²) in [7, 11) is 1.54. The van der Waals surface area contributed by atoms with E-state index in [1.54, 1.807) is 23.7 Å². The highest BCUT2D eigenvalue weighted by Crippen LogP contribution is 2.41. The molecule has 5 aromatic heterocycles. The van der Waals surface area contributed by atoms with Crippen LogP contribution in [0.25, 0.3) is 21.8 Å². The van der Waals surface area contributed by atoms with Gasteiger partial charge in [0.15, 0.2) is 11.6 Å². The molecule has 1 saturated carbocycles. The first kappa shape index (κ1) is 53.8. The predicted molar refractivity (Wildman–Crippen MR) is 296 cm³/mol. The molecular formula is C57H70N12O9S. The number of methoxy groups -OCH3 is 1. The summed E-state index contributed by atoms with van der Waals surface area (Å²) >= 11 is 1.49. The number of para-hydroxylation sites is 1. The lowest BCUT2D eigenvalue weighted by molar-refractivity contribution is -0.141. The number of benzene rings is 1. The van der Waals surface area contributed by atoms with Crippen molar-refractivity contribution in [1.82, 2.24) is 45.4 Å². The number of ether oxygens (including phenoxy) is 4. The Morgan fingerprint density at radius 2 is 1.68 bits per heavy atom. The molecule has 2 bridgehead atoms. The van der Waals surface area contributed by atoms with Crippen LogP contribution >= 0.6 is 11.3 Å². The van der Waals surface area contributed by atoms with Crippen LogP contribution in [0.1, 0.15) is 94.7 Å². The van der Waals surface area contributed by atoms with Gasteiger partial charge in [0.2, 0.25) is 23.6 Å². The molecule has 6 aromatic rings. The van der Waals surface area contributed by atoms with Crippen LogP contribution in [0, 0.1) is 12.8 Å². The topological polar surface area (TPSA) is 253 Å².